The summed E-state index contributed by atoms with van der Waals surface area (Å²) in [4.78, 5) is 0. The van der Waals surface area contributed by atoms with E-state index in [4.69, 9.17) is 27.6 Å². The van der Waals surface area contributed by atoms with Crippen LogP contribution < -0.4 is 0 Å². The van der Waals surface area contributed by atoms with E-state index in [0.29, 0.717) is 15.6 Å². The lowest BCUT2D eigenvalue weighted by Crippen LogP contribution is -2.02. The molecule has 0 radical (unpaired) electrons. The Bertz CT molecular complexity index is 520. The molecule has 2 nitrogen and oxygen atoms in total. The van der Waals surface area contributed by atoms with Crippen molar-refractivity contribution in [1.82, 2.24) is 0 Å². The third-order valence-electron chi connectivity index (χ3n) is 2.67. The zero-order valence-electron chi connectivity index (χ0n) is 9.28. The van der Waals surface area contributed by atoms with E-state index in [9.17, 15) is 5.11 Å². The topological polar surface area (TPSA) is 33.4 Å². The van der Waals surface area contributed by atoms with E-state index in [1.54, 1.807) is 30.5 Å². The number of hydrogen-bond acceptors (Lipinski definition) is 2. The lowest BCUT2D eigenvalue weighted by molar-refractivity contribution is 0.217. The minimum Gasteiger partial charge on any atom is -0.469 e. The van der Waals surface area contributed by atoms with Crippen LogP contribution in [0.25, 0.3) is 0 Å². The Kier molecular flexibility index (Phi) is 3.77. The largest absolute Gasteiger partial charge is 0.469 e. The second kappa shape index (κ2) is 5.13. The summed E-state index contributed by atoms with van der Waals surface area (Å²) in [5.74, 6) is 0.758. The summed E-state index contributed by atoms with van der Waals surface area (Å²) in [6.07, 6.45) is 1.47. The van der Waals surface area contributed by atoms with E-state index in [0.717, 1.165) is 17.7 Å². The fourth-order valence-corrected chi connectivity index (χ4v) is 2.19. The molecule has 2 rings (SSSR count). The van der Waals surface area contributed by atoms with Crippen molar-refractivity contribution in [2.75, 3.05) is 0 Å². The summed E-state index contributed by atoms with van der Waals surface area (Å²) in [5, 5.41) is 11.1. The molecule has 2 aromatic rings. The molecule has 0 amide bonds. The second-order valence-electron chi connectivity index (χ2n) is 3.70. The van der Waals surface area contributed by atoms with Crippen LogP contribution in [0.2, 0.25) is 10.0 Å². The summed E-state index contributed by atoms with van der Waals surface area (Å²) in [6.45, 7) is 1.97. The molecule has 1 atom stereocenters. The number of rotatable bonds is 3. The molecule has 0 aliphatic carbocycles. The fraction of sp³-hybridized carbons (Fsp3) is 0.231. The average Bonchev–Trinajstić information content (AvgIpc) is 2.80. The molecular weight excluding hydrogens is 259 g/mol. The second-order valence-corrected chi connectivity index (χ2v) is 4.48. The minimum absolute atomic E-state index is 0.380. The van der Waals surface area contributed by atoms with Gasteiger partial charge in [-0.3, -0.25) is 0 Å². The van der Waals surface area contributed by atoms with E-state index >= 15 is 0 Å². The van der Waals surface area contributed by atoms with Crippen LogP contribution in [0.5, 0.6) is 0 Å². The standard InChI is InChI=1S/C13H12Cl2O2/c1-2-11-8(6-7-17-11)13(16)9-4-3-5-10(14)12(9)15/h3-7,13,16H,2H2,1H3. The molecule has 17 heavy (non-hydrogen) atoms. The first-order chi connectivity index (χ1) is 8.15. The van der Waals surface area contributed by atoms with Gasteiger partial charge in [0.2, 0.25) is 0 Å². The van der Waals surface area contributed by atoms with E-state index in [2.05, 4.69) is 0 Å². The van der Waals surface area contributed by atoms with Gasteiger partial charge in [0.1, 0.15) is 11.9 Å². The molecule has 1 heterocycles. The van der Waals surface area contributed by atoms with Crippen molar-refractivity contribution < 1.29 is 9.52 Å². The fourth-order valence-electron chi connectivity index (χ4n) is 1.78. The minimum atomic E-state index is -0.810. The summed E-state index contributed by atoms with van der Waals surface area (Å²) < 4.78 is 5.29. The Balaban J connectivity index is 2.44. The van der Waals surface area contributed by atoms with Gasteiger partial charge < -0.3 is 9.52 Å². The molecule has 0 aliphatic rings. The summed E-state index contributed by atoms with van der Waals surface area (Å²) in [5.41, 5.74) is 1.33. The predicted octanol–water partition coefficient (Wildman–Crippen LogP) is 4.23. The molecule has 1 aromatic heterocycles. The summed E-state index contributed by atoms with van der Waals surface area (Å²) in [6, 6.07) is 6.96. The van der Waals surface area contributed by atoms with Gasteiger partial charge in [-0.2, -0.15) is 0 Å². The van der Waals surface area contributed by atoms with Crippen molar-refractivity contribution in [3.8, 4) is 0 Å². The van der Waals surface area contributed by atoms with Gasteiger partial charge >= 0.3 is 0 Å². The van der Waals surface area contributed by atoms with Gasteiger partial charge in [0, 0.05) is 17.5 Å². The van der Waals surface area contributed by atoms with Gasteiger partial charge in [0.25, 0.3) is 0 Å². The molecule has 1 N–H and O–H groups in total. The van der Waals surface area contributed by atoms with E-state index < -0.39 is 6.10 Å². The molecule has 1 aromatic carbocycles. The van der Waals surface area contributed by atoms with Crippen molar-refractivity contribution in [3.63, 3.8) is 0 Å². The first kappa shape index (κ1) is 12.5. The van der Waals surface area contributed by atoms with Crippen molar-refractivity contribution in [2.45, 2.75) is 19.4 Å². The van der Waals surface area contributed by atoms with Gasteiger partial charge in [-0.1, -0.05) is 42.3 Å². The Morgan fingerprint density at radius 3 is 2.71 bits per heavy atom. The van der Waals surface area contributed by atoms with Crippen LogP contribution in [0.15, 0.2) is 34.9 Å². The zero-order valence-corrected chi connectivity index (χ0v) is 10.8. The number of aryl methyl sites for hydroxylation is 1. The maximum Gasteiger partial charge on any atom is 0.109 e. The highest BCUT2D eigenvalue weighted by atomic mass is 35.5. The monoisotopic (exact) mass is 270 g/mol. The molecule has 0 bridgehead atoms. The van der Waals surface area contributed by atoms with Crippen molar-refractivity contribution in [2.24, 2.45) is 0 Å². The molecule has 90 valence electrons. The molecule has 0 spiro atoms. The molecule has 1 unspecified atom stereocenters. The van der Waals surface area contributed by atoms with Gasteiger partial charge in [-0.05, 0) is 12.1 Å². The maximum absolute atomic E-state index is 10.3. The van der Waals surface area contributed by atoms with Crippen molar-refractivity contribution in [3.05, 3.63) is 57.5 Å². The van der Waals surface area contributed by atoms with Gasteiger partial charge in [-0.15, -0.1) is 0 Å². The Labute approximate surface area is 110 Å². The highest BCUT2D eigenvalue weighted by molar-refractivity contribution is 6.42. The molecule has 0 saturated heterocycles. The number of aliphatic hydroxyl groups excluding tert-OH is 1. The van der Waals surface area contributed by atoms with Crippen molar-refractivity contribution >= 4 is 23.2 Å². The lowest BCUT2D eigenvalue weighted by Gasteiger charge is -2.13. The molecule has 0 saturated carbocycles. The highest BCUT2D eigenvalue weighted by Crippen LogP contribution is 2.34. The first-order valence-electron chi connectivity index (χ1n) is 5.33. The van der Waals surface area contributed by atoms with Crippen LogP contribution in [-0.4, -0.2) is 5.11 Å². The predicted molar refractivity (Wildman–Crippen MR) is 68.6 cm³/mol. The highest BCUT2D eigenvalue weighted by Gasteiger charge is 2.19. The maximum atomic E-state index is 10.3. The van der Waals surface area contributed by atoms with Crippen molar-refractivity contribution in [1.29, 1.82) is 0 Å². The molecule has 4 heteroatoms. The smallest absolute Gasteiger partial charge is 0.109 e. The Morgan fingerprint density at radius 2 is 2.00 bits per heavy atom. The van der Waals surface area contributed by atoms with Gasteiger partial charge in [0.05, 0.1) is 16.3 Å². The SMILES string of the molecule is CCc1occc1C(O)c1cccc(Cl)c1Cl. The number of aliphatic hydroxyl groups is 1. The molecular formula is C13H12Cl2O2. The number of furan rings is 1. The normalized spacial score (nSPS) is 12.7. The number of benzene rings is 1. The van der Waals surface area contributed by atoms with E-state index in [1.807, 2.05) is 6.92 Å². The third kappa shape index (κ3) is 2.34. The molecule has 0 aliphatic heterocycles. The van der Waals surface area contributed by atoms with Crippen LogP contribution in [0.1, 0.15) is 29.9 Å². The summed E-state index contributed by atoms with van der Waals surface area (Å²) >= 11 is 12.0. The third-order valence-corrected chi connectivity index (χ3v) is 3.51. The Hall–Kier alpha value is -0.960. The van der Waals surface area contributed by atoms with Crippen LogP contribution in [0.4, 0.5) is 0 Å². The summed E-state index contributed by atoms with van der Waals surface area (Å²) in [7, 11) is 0. The number of hydrogen-bond donors (Lipinski definition) is 1. The van der Waals surface area contributed by atoms with E-state index in [1.165, 1.54) is 0 Å². The van der Waals surface area contributed by atoms with Gasteiger partial charge in [0.15, 0.2) is 0 Å². The van der Waals surface area contributed by atoms with Crippen LogP contribution in [0, 0.1) is 0 Å². The quantitative estimate of drug-likeness (QED) is 0.906. The zero-order chi connectivity index (χ0) is 12.4. The van der Waals surface area contributed by atoms with Gasteiger partial charge in [-0.25, -0.2) is 0 Å². The average molecular weight is 271 g/mol. The molecule has 0 fully saturated rings. The van der Waals surface area contributed by atoms with Crippen LogP contribution >= 0.6 is 23.2 Å². The van der Waals surface area contributed by atoms with E-state index in [-0.39, 0.29) is 0 Å². The Morgan fingerprint density at radius 1 is 1.24 bits per heavy atom. The van der Waals surface area contributed by atoms with Crippen LogP contribution in [-0.2, 0) is 6.42 Å². The first-order valence-corrected chi connectivity index (χ1v) is 6.09. The number of halogens is 2. The van der Waals surface area contributed by atoms with Crippen LogP contribution in [0.3, 0.4) is 0 Å². The lowest BCUT2D eigenvalue weighted by atomic mass is 10.0.